The number of ether oxygens (including phenoxy) is 2. The maximum Gasteiger partial charge on any atom is 0.231 e. The number of hydrogen-bond acceptors (Lipinski definition) is 4. The Morgan fingerprint density at radius 3 is 2.80 bits per heavy atom. The first-order valence-corrected chi connectivity index (χ1v) is 6.55. The Labute approximate surface area is 95.4 Å². The van der Waals surface area contributed by atoms with Crippen molar-refractivity contribution in [2.75, 3.05) is 6.79 Å². The Kier molecular flexibility index (Phi) is 2.61. The lowest BCUT2D eigenvalue weighted by Crippen LogP contribution is -2.14. The number of primary sulfonamides is 1. The summed E-state index contributed by atoms with van der Waals surface area (Å²) in [7, 11) is -3.53. The number of halogens is 1. The van der Waals surface area contributed by atoms with Gasteiger partial charge in [-0.15, -0.1) is 0 Å². The molecule has 82 valence electrons. The summed E-state index contributed by atoms with van der Waals surface area (Å²) in [6, 6.07) is 3.26. The zero-order chi connectivity index (χ0) is 11.1. The Balaban J connectivity index is 2.40. The summed E-state index contributed by atoms with van der Waals surface area (Å²) in [5.41, 5.74) is 0.564. The lowest BCUT2D eigenvalue weighted by atomic mass is 10.2. The molecule has 1 aliphatic heterocycles. The normalized spacial score (nSPS) is 14.3. The molecule has 0 unspecified atom stereocenters. The fraction of sp³-hybridized carbons (Fsp3) is 0.250. The lowest BCUT2D eigenvalue weighted by Gasteiger charge is -2.03. The second-order valence-corrected chi connectivity index (χ2v) is 5.59. The molecule has 5 nitrogen and oxygen atoms in total. The molecule has 0 fully saturated rings. The molecule has 1 aromatic carbocycles. The van der Waals surface area contributed by atoms with Crippen molar-refractivity contribution in [1.29, 1.82) is 0 Å². The van der Waals surface area contributed by atoms with E-state index in [1.54, 1.807) is 12.1 Å². The van der Waals surface area contributed by atoms with Gasteiger partial charge in [0.2, 0.25) is 16.8 Å². The largest absolute Gasteiger partial charge is 0.454 e. The van der Waals surface area contributed by atoms with Gasteiger partial charge in [-0.2, -0.15) is 0 Å². The van der Waals surface area contributed by atoms with Crippen LogP contribution >= 0.6 is 15.9 Å². The quantitative estimate of drug-likeness (QED) is 0.881. The van der Waals surface area contributed by atoms with Gasteiger partial charge in [-0.3, -0.25) is 0 Å². The van der Waals surface area contributed by atoms with Crippen LogP contribution in [0.3, 0.4) is 0 Å². The van der Waals surface area contributed by atoms with Gasteiger partial charge in [-0.1, -0.05) is 0 Å². The summed E-state index contributed by atoms with van der Waals surface area (Å²) in [6.45, 7) is 0.146. The van der Waals surface area contributed by atoms with E-state index in [4.69, 9.17) is 14.6 Å². The molecule has 0 spiro atoms. The summed E-state index contributed by atoms with van der Waals surface area (Å²) in [6.07, 6.45) is 0. The van der Waals surface area contributed by atoms with E-state index in [2.05, 4.69) is 15.9 Å². The molecule has 7 heteroatoms. The molecule has 0 atom stereocenters. The number of sulfonamides is 1. The molecule has 0 saturated carbocycles. The number of benzene rings is 1. The van der Waals surface area contributed by atoms with Gasteiger partial charge in [-0.25, -0.2) is 13.6 Å². The van der Waals surface area contributed by atoms with Gasteiger partial charge in [0.25, 0.3) is 0 Å². The zero-order valence-corrected chi connectivity index (χ0v) is 9.97. The molecule has 0 saturated heterocycles. The highest BCUT2D eigenvalue weighted by molar-refractivity contribution is 9.10. The summed E-state index contributed by atoms with van der Waals surface area (Å²) in [4.78, 5) is 0. The average molecular weight is 294 g/mol. The number of fused-ring (bicyclic) bond motifs is 1. The molecule has 1 aliphatic rings. The molecule has 15 heavy (non-hydrogen) atoms. The monoisotopic (exact) mass is 293 g/mol. The Morgan fingerprint density at radius 2 is 2.13 bits per heavy atom. The lowest BCUT2D eigenvalue weighted by molar-refractivity contribution is 0.173. The van der Waals surface area contributed by atoms with Gasteiger partial charge in [0.1, 0.15) is 0 Å². The fourth-order valence-electron chi connectivity index (χ4n) is 1.34. The van der Waals surface area contributed by atoms with Crippen molar-refractivity contribution in [3.8, 4) is 11.5 Å². The molecule has 0 amide bonds. The highest BCUT2D eigenvalue weighted by Crippen LogP contribution is 2.40. The van der Waals surface area contributed by atoms with Crippen LogP contribution in [0.1, 0.15) is 5.56 Å². The summed E-state index contributed by atoms with van der Waals surface area (Å²) in [5, 5.41) is 4.95. The van der Waals surface area contributed by atoms with Crippen LogP contribution in [0.5, 0.6) is 11.5 Å². The van der Waals surface area contributed by atoms with E-state index in [1.165, 1.54) is 0 Å². The highest BCUT2D eigenvalue weighted by atomic mass is 79.9. The minimum absolute atomic E-state index is 0.146. The third-order valence-corrected chi connectivity index (χ3v) is 3.18. The Bertz CT molecular complexity index is 500. The molecule has 1 heterocycles. The van der Waals surface area contributed by atoms with Gasteiger partial charge in [0.05, 0.1) is 10.2 Å². The van der Waals surface area contributed by atoms with E-state index < -0.39 is 10.0 Å². The van der Waals surface area contributed by atoms with E-state index in [0.29, 0.717) is 21.5 Å². The Hall–Kier alpha value is -0.790. The summed E-state index contributed by atoms with van der Waals surface area (Å²) in [5.74, 6) is 0.901. The fourth-order valence-corrected chi connectivity index (χ4v) is 2.57. The summed E-state index contributed by atoms with van der Waals surface area (Å²) < 4.78 is 32.8. The van der Waals surface area contributed by atoms with E-state index in [9.17, 15) is 8.42 Å². The van der Waals surface area contributed by atoms with Crippen LogP contribution in [0, 0.1) is 0 Å². The first kappa shape index (κ1) is 10.7. The van der Waals surface area contributed by atoms with Crippen LogP contribution in [-0.2, 0) is 15.8 Å². The topological polar surface area (TPSA) is 78.6 Å². The van der Waals surface area contributed by atoms with E-state index in [0.717, 1.165) is 0 Å². The van der Waals surface area contributed by atoms with Crippen LogP contribution in [0.4, 0.5) is 0 Å². The standard InChI is InChI=1S/C8H8BrNO4S/c9-6-1-5(3-15(10,11)12)2-7-8(6)14-4-13-7/h1-2H,3-4H2,(H2,10,11,12). The number of rotatable bonds is 2. The van der Waals surface area contributed by atoms with Gasteiger partial charge >= 0.3 is 0 Å². The van der Waals surface area contributed by atoms with Crippen molar-refractivity contribution >= 4 is 26.0 Å². The van der Waals surface area contributed by atoms with Crippen molar-refractivity contribution in [2.24, 2.45) is 5.14 Å². The Morgan fingerprint density at radius 1 is 1.40 bits per heavy atom. The zero-order valence-electron chi connectivity index (χ0n) is 7.57. The molecule has 1 aromatic rings. The van der Waals surface area contributed by atoms with Gasteiger partial charge in [0.15, 0.2) is 11.5 Å². The highest BCUT2D eigenvalue weighted by Gasteiger charge is 2.19. The van der Waals surface area contributed by atoms with Crippen molar-refractivity contribution in [3.63, 3.8) is 0 Å². The van der Waals surface area contributed by atoms with Crippen molar-refractivity contribution in [1.82, 2.24) is 0 Å². The predicted octanol–water partition coefficient (Wildman–Crippen LogP) is 0.966. The molecule has 0 bridgehead atoms. The van der Waals surface area contributed by atoms with E-state index in [-0.39, 0.29) is 12.5 Å². The molecule has 2 rings (SSSR count). The first-order chi connectivity index (χ1) is 6.96. The summed E-state index contributed by atoms with van der Waals surface area (Å²) >= 11 is 3.27. The molecule has 0 aromatic heterocycles. The number of hydrogen-bond donors (Lipinski definition) is 1. The van der Waals surface area contributed by atoms with Gasteiger partial charge in [-0.05, 0) is 33.6 Å². The first-order valence-electron chi connectivity index (χ1n) is 4.04. The van der Waals surface area contributed by atoms with Gasteiger partial charge < -0.3 is 9.47 Å². The number of nitrogens with two attached hydrogens (primary N) is 1. The third kappa shape index (κ3) is 2.42. The SMILES string of the molecule is NS(=O)(=O)Cc1cc(Br)c2c(c1)OCO2. The second kappa shape index (κ2) is 3.66. The van der Waals surface area contributed by atoms with E-state index >= 15 is 0 Å². The van der Waals surface area contributed by atoms with Crippen LogP contribution in [0.25, 0.3) is 0 Å². The molecular weight excluding hydrogens is 286 g/mol. The second-order valence-electron chi connectivity index (χ2n) is 3.12. The smallest absolute Gasteiger partial charge is 0.231 e. The maximum atomic E-state index is 10.9. The molecule has 0 aliphatic carbocycles. The average Bonchev–Trinajstić information content (AvgIpc) is 2.48. The molecule has 0 radical (unpaired) electrons. The predicted molar refractivity (Wildman–Crippen MR) is 57.1 cm³/mol. The molecular formula is C8H8BrNO4S. The maximum absolute atomic E-state index is 10.9. The van der Waals surface area contributed by atoms with Crippen LogP contribution in [0.2, 0.25) is 0 Å². The van der Waals surface area contributed by atoms with Crippen LogP contribution in [0.15, 0.2) is 16.6 Å². The van der Waals surface area contributed by atoms with Gasteiger partial charge in [0, 0.05) is 0 Å². The minimum Gasteiger partial charge on any atom is -0.454 e. The van der Waals surface area contributed by atoms with Crippen LogP contribution < -0.4 is 14.6 Å². The van der Waals surface area contributed by atoms with Crippen molar-refractivity contribution in [3.05, 3.63) is 22.2 Å². The third-order valence-electron chi connectivity index (χ3n) is 1.85. The van der Waals surface area contributed by atoms with E-state index in [1.807, 2.05) is 0 Å². The van der Waals surface area contributed by atoms with Crippen molar-refractivity contribution in [2.45, 2.75) is 5.75 Å². The van der Waals surface area contributed by atoms with Crippen molar-refractivity contribution < 1.29 is 17.9 Å². The molecule has 2 N–H and O–H groups in total. The minimum atomic E-state index is -3.53. The van der Waals surface area contributed by atoms with Crippen LogP contribution in [-0.4, -0.2) is 15.2 Å².